The van der Waals surface area contributed by atoms with Gasteiger partial charge in [-0.15, -0.1) is 12.4 Å². The lowest BCUT2D eigenvalue weighted by molar-refractivity contribution is 0.0596. The third-order valence-corrected chi connectivity index (χ3v) is 5.52. The summed E-state index contributed by atoms with van der Waals surface area (Å²) in [6.45, 7) is 0.243. The molecule has 0 amide bonds. The molecular weight excluding hydrogens is 328 g/mol. The van der Waals surface area contributed by atoms with E-state index >= 15 is 0 Å². The molecule has 0 aromatic heterocycles. The Labute approximate surface area is 136 Å². The van der Waals surface area contributed by atoms with Crippen molar-refractivity contribution < 1.29 is 17.9 Å². The van der Waals surface area contributed by atoms with Crippen molar-refractivity contribution in [1.29, 1.82) is 0 Å². The Morgan fingerprint density at radius 3 is 2.45 bits per heavy atom. The third kappa shape index (κ3) is 3.78. The summed E-state index contributed by atoms with van der Waals surface area (Å²) in [4.78, 5) is 11.7. The molecule has 2 rings (SSSR count). The van der Waals surface area contributed by atoms with Crippen LogP contribution in [0.1, 0.15) is 36.0 Å². The monoisotopic (exact) mass is 348 g/mol. The fraction of sp³-hybridized carbons (Fsp3) is 0.500. The van der Waals surface area contributed by atoms with Crippen molar-refractivity contribution in [2.45, 2.75) is 36.1 Å². The van der Waals surface area contributed by atoms with Crippen LogP contribution in [0.5, 0.6) is 0 Å². The molecule has 124 valence electrons. The Balaban J connectivity index is 0.00000242. The Kier molecular flexibility index (Phi) is 6.37. The van der Waals surface area contributed by atoms with Gasteiger partial charge in [-0.1, -0.05) is 25.0 Å². The molecule has 0 saturated heterocycles. The van der Waals surface area contributed by atoms with Gasteiger partial charge in [-0.25, -0.2) is 17.9 Å². The second-order valence-corrected chi connectivity index (χ2v) is 6.94. The van der Waals surface area contributed by atoms with E-state index in [-0.39, 0.29) is 29.4 Å². The summed E-state index contributed by atoms with van der Waals surface area (Å²) in [5.74, 6) is -0.677. The summed E-state index contributed by atoms with van der Waals surface area (Å²) in [7, 11) is -2.61. The molecular formula is C14H21ClN2O4S. The first kappa shape index (κ1) is 18.9. The first-order valence-electron chi connectivity index (χ1n) is 6.85. The number of carbonyl (C=O) groups is 1. The second-order valence-electron chi connectivity index (χ2n) is 5.28. The van der Waals surface area contributed by atoms with E-state index in [0.29, 0.717) is 12.8 Å². The fourth-order valence-corrected chi connectivity index (χ4v) is 4.39. The molecule has 1 aliphatic rings. The summed E-state index contributed by atoms with van der Waals surface area (Å²) in [6.07, 6.45) is 3.31. The number of nitrogens with one attached hydrogen (secondary N) is 1. The molecule has 1 fully saturated rings. The molecule has 0 radical (unpaired) electrons. The van der Waals surface area contributed by atoms with Gasteiger partial charge in [-0.3, -0.25) is 0 Å². The van der Waals surface area contributed by atoms with Gasteiger partial charge in [0.1, 0.15) is 0 Å². The van der Waals surface area contributed by atoms with Gasteiger partial charge in [0.05, 0.1) is 17.6 Å². The number of hydrogen-bond acceptors (Lipinski definition) is 5. The first-order valence-corrected chi connectivity index (χ1v) is 8.34. The van der Waals surface area contributed by atoms with Gasteiger partial charge in [0.2, 0.25) is 10.0 Å². The van der Waals surface area contributed by atoms with E-state index in [0.717, 1.165) is 12.8 Å². The Hall–Kier alpha value is -1.15. The van der Waals surface area contributed by atoms with Gasteiger partial charge in [-0.2, -0.15) is 0 Å². The smallest absolute Gasteiger partial charge is 0.339 e. The van der Waals surface area contributed by atoms with Gasteiger partial charge >= 0.3 is 5.97 Å². The lowest BCUT2D eigenvalue weighted by atomic mass is 10.0. The van der Waals surface area contributed by atoms with Crippen LogP contribution in [0.4, 0.5) is 0 Å². The number of ether oxygens (including phenoxy) is 1. The Morgan fingerprint density at radius 2 is 1.91 bits per heavy atom. The van der Waals surface area contributed by atoms with Crippen molar-refractivity contribution in [3.8, 4) is 0 Å². The molecule has 22 heavy (non-hydrogen) atoms. The normalized spacial score (nSPS) is 16.8. The van der Waals surface area contributed by atoms with Crippen molar-refractivity contribution in [3.05, 3.63) is 29.8 Å². The van der Waals surface area contributed by atoms with Crippen molar-refractivity contribution >= 4 is 28.4 Å². The number of methoxy groups -OCH3 is 1. The largest absolute Gasteiger partial charge is 0.465 e. The third-order valence-electron chi connectivity index (χ3n) is 3.88. The zero-order chi connectivity index (χ0) is 15.5. The minimum absolute atomic E-state index is 0. The standard InChI is InChI=1S/C14H20N2O4S.ClH/c1-20-13(17)11-6-2-3-7-12(11)21(18,19)16-14(10-15)8-4-5-9-14;/h2-3,6-7,16H,4-5,8-10,15H2,1H3;1H. The number of sulfonamides is 1. The molecule has 0 atom stereocenters. The summed E-state index contributed by atoms with van der Waals surface area (Å²) in [5, 5.41) is 0. The molecule has 0 unspecified atom stereocenters. The minimum atomic E-state index is -3.83. The van der Waals surface area contributed by atoms with Gasteiger partial charge in [0, 0.05) is 12.1 Å². The van der Waals surface area contributed by atoms with Crippen LogP contribution >= 0.6 is 12.4 Å². The number of hydrogen-bond donors (Lipinski definition) is 2. The van der Waals surface area contributed by atoms with Gasteiger partial charge in [0.15, 0.2) is 0 Å². The number of halogens is 1. The molecule has 0 heterocycles. The highest BCUT2D eigenvalue weighted by Gasteiger charge is 2.37. The van der Waals surface area contributed by atoms with E-state index in [2.05, 4.69) is 9.46 Å². The average Bonchev–Trinajstić information content (AvgIpc) is 2.95. The van der Waals surface area contributed by atoms with Crippen LogP contribution in [-0.2, 0) is 14.8 Å². The number of esters is 1. The van der Waals surface area contributed by atoms with Crippen molar-refractivity contribution in [1.82, 2.24) is 4.72 Å². The lowest BCUT2D eigenvalue weighted by Gasteiger charge is -2.28. The zero-order valence-corrected chi connectivity index (χ0v) is 14.0. The number of carbonyl (C=O) groups excluding carboxylic acids is 1. The average molecular weight is 349 g/mol. The molecule has 0 bridgehead atoms. The maximum atomic E-state index is 12.6. The van der Waals surface area contributed by atoms with Crippen LogP contribution in [0.3, 0.4) is 0 Å². The van der Waals surface area contributed by atoms with E-state index in [1.165, 1.54) is 19.2 Å². The molecule has 1 aromatic carbocycles. The maximum Gasteiger partial charge on any atom is 0.339 e. The van der Waals surface area contributed by atoms with Crippen LogP contribution in [-0.4, -0.2) is 33.6 Å². The van der Waals surface area contributed by atoms with Crippen molar-refractivity contribution in [2.75, 3.05) is 13.7 Å². The summed E-state index contributed by atoms with van der Waals surface area (Å²) < 4.78 is 32.6. The molecule has 3 N–H and O–H groups in total. The number of nitrogens with two attached hydrogens (primary N) is 1. The highest BCUT2D eigenvalue weighted by Crippen LogP contribution is 2.31. The molecule has 0 spiro atoms. The highest BCUT2D eigenvalue weighted by atomic mass is 35.5. The summed E-state index contributed by atoms with van der Waals surface area (Å²) >= 11 is 0. The van der Waals surface area contributed by atoms with Crippen molar-refractivity contribution in [2.24, 2.45) is 5.73 Å². The first-order chi connectivity index (χ1) is 9.94. The summed E-state index contributed by atoms with van der Waals surface area (Å²) in [6, 6.07) is 6.00. The predicted molar refractivity (Wildman–Crippen MR) is 85.6 cm³/mol. The summed E-state index contributed by atoms with van der Waals surface area (Å²) in [5.41, 5.74) is 5.18. The molecule has 1 saturated carbocycles. The van der Waals surface area contributed by atoms with E-state index in [4.69, 9.17) is 5.73 Å². The van der Waals surface area contributed by atoms with Crippen LogP contribution in [0.15, 0.2) is 29.2 Å². The quantitative estimate of drug-likeness (QED) is 0.784. The number of rotatable bonds is 5. The van der Waals surface area contributed by atoms with Gasteiger partial charge < -0.3 is 10.5 Å². The molecule has 1 aromatic rings. The number of benzene rings is 1. The highest BCUT2D eigenvalue weighted by molar-refractivity contribution is 7.89. The molecule has 0 aliphatic heterocycles. The van der Waals surface area contributed by atoms with Crippen LogP contribution in [0.2, 0.25) is 0 Å². The topological polar surface area (TPSA) is 98.5 Å². The lowest BCUT2D eigenvalue weighted by Crippen LogP contribution is -2.51. The zero-order valence-electron chi connectivity index (χ0n) is 12.4. The minimum Gasteiger partial charge on any atom is -0.465 e. The molecule has 1 aliphatic carbocycles. The fourth-order valence-electron chi connectivity index (χ4n) is 2.72. The van der Waals surface area contributed by atoms with Crippen LogP contribution in [0.25, 0.3) is 0 Å². The predicted octanol–water partition coefficient (Wildman–Crippen LogP) is 1.44. The van der Waals surface area contributed by atoms with E-state index < -0.39 is 21.5 Å². The SMILES string of the molecule is COC(=O)c1ccccc1S(=O)(=O)NC1(CN)CCCC1.Cl. The Morgan fingerprint density at radius 1 is 1.32 bits per heavy atom. The van der Waals surface area contributed by atoms with E-state index in [9.17, 15) is 13.2 Å². The van der Waals surface area contributed by atoms with Crippen molar-refractivity contribution in [3.63, 3.8) is 0 Å². The van der Waals surface area contributed by atoms with E-state index in [1.807, 2.05) is 0 Å². The Bertz CT molecular complexity index is 627. The molecule has 6 nitrogen and oxygen atoms in total. The second kappa shape index (κ2) is 7.41. The van der Waals surface area contributed by atoms with Gasteiger partial charge in [0.25, 0.3) is 0 Å². The molecule has 8 heteroatoms. The van der Waals surface area contributed by atoms with E-state index in [1.54, 1.807) is 12.1 Å². The van der Waals surface area contributed by atoms with Gasteiger partial charge in [-0.05, 0) is 25.0 Å². The van der Waals surface area contributed by atoms with Crippen LogP contribution < -0.4 is 10.5 Å². The van der Waals surface area contributed by atoms with Crippen LogP contribution in [0, 0.1) is 0 Å². The maximum absolute atomic E-state index is 12.6.